The van der Waals surface area contributed by atoms with Crippen molar-refractivity contribution in [2.75, 3.05) is 13.1 Å². The van der Waals surface area contributed by atoms with Gasteiger partial charge in [-0.15, -0.1) is 0 Å². The maximum Gasteiger partial charge on any atom is 0.0825 e. The van der Waals surface area contributed by atoms with Gasteiger partial charge in [-0.2, -0.15) is 0 Å². The van der Waals surface area contributed by atoms with E-state index < -0.39 is 0 Å². The molecule has 2 atom stereocenters. The van der Waals surface area contributed by atoms with Gasteiger partial charge < -0.3 is 5.11 Å². The molecule has 2 rings (SSSR count). The van der Waals surface area contributed by atoms with Gasteiger partial charge in [0.15, 0.2) is 0 Å². The normalized spacial score (nSPS) is 25.0. The van der Waals surface area contributed by atoms with E-state index in [9.17, 15) is 5.11 Å². The summed E-state index contributed by atoms with van der Waals surface area (Å²) in [5.74, 6) is 0.648. The van der Waals surface area contributed by atoms with Gasteiger partial charge in [-0.3, -0.25) is 4.90 Å². The van der Waals surface area contributed by atoms with E-state index in [2.05, 4.69) is 18.7 Å². The molecule has 0 spiro atoms. The van der Waals surface area contributed by atoms with Crippen molar-refractivity contribution in [2.45, 2.75) is 32.4 Å². The number of hydrogen-bond donors (Lipinski definition) is 1. The fraction of sp³-hybridized carbons (Fsp3) is 0.571. The Morgan fingerprint density at radius 1 is 1.35 bits per heavy atom. The fourth-order valence-corrected chi connectivity index (χ4v) is 2.53. The van der Waals surface area contributed by atoms with E-state index in [-0.39, 0.29) is 12.1 Å². The van der Waals surface area contributed by atoms with E-state index >= 15 is 0 Å². The summed E-state index contributed by atoms with van der Waals surface area (Å²) in [7, 11) is 0. The van der Waals surface area contributed by atoms with Crippen LogP contribution in [-0.2, 0) is 6.42 Å². The first kappa shape index (κ1) is 12.9. The number of nitrogens with zero attached hydrogens (tertiary/aromatic N) is 1. The molecule has 3 heteroatoms. The third-order valence-electron chi connectivity index (χ3n) is 3.29. The summed E-state index contributed by atoms with van der Waals surface area (Å²) >= 11 is 5.86. The van der Waals surface area contributed by atoms with Crippen molar-refractivity contribution in [1.29, 1.82) is 0 Å². The van der Waals surface area contributed by atoms with Crippen molar-refractivity contribution in [3.63, 3.8) is 0 Å². The van der Waals surface area contributed by atoms with Crippen molar-refractivity contribution in [2.24, 2.45) is 5.92 Å². The molecule has 2 nitrogen and oxygen atoms in total. The van der Waals surface area contributed by atoms with Gasteiger partial charge in [0, 0.05) is 24.2 Å². The number of likely N-dealkylation sites (tertiary alicyclic amines) is 1. The monoisotopic (exact) mass is 253 g/mol. The third kappa shape index (κ3) is 3.21. The van der Waals surface area contributed by atoms with Gasteiger partial charge in [0.25, 0.3) is 0 Å². The van der Waals surface area contributed by atoms with Crippen LogP contribution in [-0.4, -0.2) is 35.2 Å². The Morgan fingerprint density at radius 3 is 2.53 bits per heavy atom. The highest BCUT2D eigenvalue weighted by Crippen LogP contribution is 2.24. The number of aliphatic hydroxyl groups is 1. The van der Waals surface area contributed by atoms with Crippen molar-refractivity contribution in [1.82, 2.24) is 4.90 Å². The third-order valence-corrected chi connectivity index (χ3v) is 3.54. The highest BCUT2D eigenvalue weighted by Gasteiger charge is 2.37. The van der Waals surface area contributed by atoms with Gasteiger partial charge in [-0.25, -0.2) is 0 Å². The second-order valence-corrected chi connectivity index (χ2v) is 5.75. The molecule has 1 fully saturated rings. The molecule has 0 radical (unpaired) electrons. The number of rotatable bonds is 4. The van der Waals surface area contributed by atoms with Gasteiger partial charge in [0.05, 0.1) is 6.10 Å². The molecular formula is C14H20ClNO. The van der Waals surface area contributed by atoms with Crippen LogP contribution in [0.3, 0.4) is 0 Å². The predicted octanol–water partition coefficient (Wildman–Crippen LogP) is 2.58. The zero-order chi connectivity index (χ0) is 12.4. The van der Waals surface area contributed by atoms with Crippen molar-refractivity contribution in [3.05, 3.63) is 34.9 Å². The lowest BCUT2D eigenvalue weighted by atomic mass is 9.91. The molecule has 94 valence electrons. The number of halogens is 1. The predicted molar refractivity (Wildman–Crippen MR) is 71.4 cm³/mol. The molecule has 0 saturated carbocycles. The fourth-order valence-electron chi connectivity index (χ4n) is 2.41. The topological polar surface area (TPSA) is 23.5 Å². The summed E-state index contributed by atoms with van der Waals surface area (Å²) in [5, 5.41) is 10.6. The zero-order valence-electron chi connectivity index (χ0n) is 10.4. The number of β-amino-alcohol motifs (C(OH)–C–C–N with tert-alkyl or cyclic N) is 1. The smallest absolute Gasteiger partial charge is 0.0825 e. The number of hydrogen-bond acceptors (Lipinski definition) is 2. The molecule has 1 saturated heterocycles. The molecule has 1 aliphatic heterocycles. The van der Waals surface area contributed by atoms with Crippen LogP contribution in [0, 0.1) is 5.92 Å². The highest BCUT2D eigenvalue weighted by molar-refractivity contribution is 6.30. The summed E-state index contributed by atoms with van der Waals surface area (Å²) < 4.78 is 0. The Balaban J connectivity index is 1.95. The molecule has 0 aliphatic carbocycles. The van der Waals surface area contributed by atoms with Gasteiger partial charge >= 0.3 is 0 Å². The molecule has 0 bridgehead atoms. The summed E-state index contributed by atoms with van der Waals surface area (Å²) in [6.07, 6.45) is 0.731. The second-order valence-electron chi connectivity index (χ2n) is 5.31. The molecule has 1 aromatic rings. The van der Waals surface area contributed by atoms with Crippen LogP contribution < -0.4 is 0 Å². The Kier molecular flexibility index (Phi) is 4.08. The first-order valence-electron chi connectivity index (χ1n) is 6.23. The standard InChI is InChI=1S/C14H20ClNO/c1-10(2)8-16-9-14(17)13(16)7-11-3-5-12(15)6-4-11/h3-6,10,13-14,17H,7-9H2,1-2H3/t13-,14?/m0/s1. The average Bonchev–Trinajstić information content (AvgIpc) is 2.27. The molecule has 1 unspecified atom stereocenters. The van der Waals surface area contributed by atoms with Crippen LogP contribution in [0.15, 0.2) is 24.3 Å². The highest BCUT2D eigenvalue weighted by atomic mass is 35.5. The molecule has 1 aromatic carbocycles. The second kappa shape index (κ2) is 5.38. The summed E-state index contributed by atoms with van der Waals surface area (Å²) in [6, 6.07) is 8.18. The number of aliphatic hydroxyl groups excluding tert-OH is 1. The van der Waals surface area contributed by atoms with Crippen LogP contribution in [0.5, 0.6) is 0 Å². The van der Waals surface area contributed by atoms with Gasteiger partial charge in [-0.1, -0.05) is 37.6 Å². The van der Waals surface area contributed by atoms with Crippen molar-refractivity contribution < 1.29 is 5.11 Å². The minimum Gasteiger partial charge on any atom is -0.390 e. The van der Waals surface area contributed by atoms with E-state index in [1.54, 1.807) is 0 Å². The summed E-state index contributed by atoms with van der Waals surface area (Å²) in [4.78, 5) is 2.37. The lowest BCUT2D eigenvalue weighted by molar-refractivity contribution is -0.0657. The molecule has 0 amide bonds. The van der Waals surface area contributed by atoms with Crippen LogP contribution in [0.4, 0.5) is 0 Å². The molecule has 1 aliphatic rings. The average molecular weight is 254 g/mol. The van der Waals surface area contributed by atoms with E-state index in [1.165, 1.54) is 5.56 Å². The first-order chi connectivity index (χ1) is 8.06. The maximum absolute atomic E-state index is 9.84. The lowest BCUT2D eigenvalue weighted by Crippen LogP contribution is -2.61. The van der Waals surface area contributed by atoms with Crippen LogP contribution in [0.25, 0.3) is 0 Å². The Labute approximate surface area is 108 Å². The van der Waals surface area contributed by atoms with E-state index in [4.69, 9.17) is 11.6 Å². The Morgan fingerprint density at radius 2 is 2.00 bits per heavy atom. The van der Waals surface area contributed by atoms with Crippen molar-refractivity contribution >= 4 is 11.6 Å². The SMILES string of the molecule is CC(C)CN1CC(O)[C@@H]1Cc1ccc(Cl)cc1. The largest absolute Gasteiger partial charge is 0.390 e. The number of benzene rings is 1. The minimum atomic E-state index is -0.176. The van der Waals surface area contributed by atoms with Crippen LogP contribution >= 0.6 is 11.6 Å². The van der Waals surface area contributed by atoms with Crippen LogP contribution in [0.1, 0.15) is 19.4 Å². The van der Waals surface area contributed by atoms with Gasteiger partial charge in [0.2, 0.25) is 0 Å². The Bertz CT molecular complexity index is 363. The molecule has 17 heavy (non-hydrogen) atoms. The Hall–Kier alpha value is -0.570. The summed E-state index contributed by atoms with van der Waals surface area (Å²) in [5.41, 5.74) is 1.24. The molecule has 1 N–H and O–H groups in total. The molecule has 1 heterocycles. The van der Waals surface area contributed by atoms with Crippen LogP contribution in [0.2, 0.25) is 5.02 Å². The minimum absolute atomic E-state index is 0.176. The molecule has 0 aromatic heterocycles. The van der Waals surface area contributed by atoms with Gasteiger partial charge in [-0.05, 0) is 30.0 Å². The lowest BCUT2D eigenvalue weighted by Gasteiger charge is -2.46. The van der Waals surface area contributed by atoms with Gasteiger partial charge in [0.1, 0.15) is 0 Å². The zero-order valence-corrected chi connectivity index (χ0v) is 11.2. The maximum atomic E-state index is 9.84. The van der Waals surface area contributed by atoms with E-state index in [0.717, 1.165) is 24.5 Å². The quantitative estimate of drug-likeness (QED) is 0.892. The molecular weight excluding hydrogens is 234 g/mol. The van der Waals surface area contributed by atoms with Crippen molar-refractivity contribution in [3.8, 4) is 0 Å². The van der Waals surface area contributed by atoms with E-state index in [1.807, 2.05) is 24.3 Å². The summed E-state index contributed by atoms with van der Waals surface area (Å²) in [6.45, 7) is 6.31. The first-order valence-corrected chi connectivity index (χ1v) is 6.60. The van der Waals surface area contributed by atoms with E-state index in [0.29, 0.717) is 5.92 Å².